The van der Waals surface area contributed by atoms with Gasteiger partial charge in [0, 0.05) is 26.2 Å². The molecular weight excluding hydrogens is 522 g/mol. The van der Waals surface area contributed by atoms with E-state index in [1.807, 2.05) is 37.2 Å². The third kappa shape index (κ3) is 4.35. The molecular formula is C24H24BrN3O5S. The Morgan fingerprint density at radius 1 is 1.32 bits per heavy atom. The number of thiazole rings is 1. The molecule has 4 rings (SSSR count). The van der Waals surface area contributed by atoms with E-state index in [0.717, 1.165) is 5.56 Å². The van der Waals surface area contributed by atoms with Gasteiger partial charge >= 0.3 is 5.97 Å². The molecule has 0 saturated heterocycles. The Morgan fingerprint density at radius 2 is 2.09 bits per heavy atom. The molecule has 0 unspecified atom stereocenters. The lowest BCUT2D eigenvalue weighted by atomic mass is 9.96. The van der Waals surface area contributed by atoms with Gasteiger partial charge in [0.15, 0.2) is 10.7 Å². The molecule has 0 aliphatic carbocycles. The molecule has 10 heteroatoms. The number of carbonyl (C=O) groups excluding carboxylic acids is 1. The van der Waals surface area contributed by atoms with E-state index in [9.17, 15) is 9.59 Å². The molecule has 0 amide bonds. The maximum atomic E-state index is 13.6. The first-order chi connectivity index (χ1) is 16.2. The molecule has 0 N–H and O–H groups in total. The fourth-order valence-electron chi connectivity index (χ4n) is 3.75. The largest absolute Gasteiger partial charge is 0.496 e. The highest BCUT2D eigenvalue weighted by Gasteiger charge is 2.33. The minimum absolute atomic E-state index is 0.214. The van der Waals surface area contributed by atoms with Gasteiger partial charge in [0.05, 0.1) is 40.0 Å². The molecule has 1 aromatic carbocycles. The van der Waals surface area contributed by atoms with Crippen molar-refractivity contribution >= 4 is 45.2 Å². The summed E-state index contributed by atoms with van der Waals surface area (Å²) in [4.78, 5) is 33.5. The van der Waals surface area contributed by atoms with Crippen molar-refractivity contribution in [3.63, 3.8) is 0 Å². The topological polar surface area (TPSA) is 86.3 Å². The lowest BCUT2D eigenvalue weighted by Crippen LogP contribution is -2.39. The van der Waals surface area contributed by atoms with Gasteiger partial charge in [-0.05, 0) is 53.5 Å². The van der Waals surface area contributed by atoms with E-state index in [-0.39, 0.29) is 12.2 Å². The van der Waals surface area contributed by atoms with Crippen LogP contribution >= 0.6 is 27.3 Å². The summed E-state index contributed by atoms with van der Waals surface area (Å²) in [6, 6.07) is 8.41. The molecule has 3 heterocycles. The molecule has 0 saturated carbocycles. The predicted molar refractivity (Wildman–Crippen MR) is 134 cm³/mol. The third-order valence-electron chi connectivity index (χ3n) is 5.34. The van der Waals surface area contributed by atoms with Crippen molar-refractivity contribution in [2.75, 3.05) is 32.7 Å². The zero-order chi connectivity index (χ0) is 24.6. The first-order valence-electron chi connectivity index (χ1n) is 10.6. The van der Waals surface area contributed by atoms with Crippen molar-refractivity contribution < 1.29 is 18.7 Å². The monoisotopic (exact) mass is 545 g/mol. The van der Waals surface area contributed by atoms with Crippen LogP contribution in [-0.4, -0.2) is 38.3 Å². The zero-order valence-corrected chi connectivity index (χ0v) is 21.8. The lowest BCUT2D eigenvalue weighted by molar-refractivity contribution is -0.139. The van der Waals surface area contributed by atoms with Crippen molar-refractivity contribution in [2.45, 2.75) is 19.9 Å². The molecule has 1 aliphatic heterocycles. The van der Waals surface area contributed by atoms with Crippen LogP contribution in [0.5, 0.6) is 5.75 Å². The number of hydrogen-bond acceptors (Lipinski definition) is 8. The number of nitrogens with zero attached hydrogens (tertiary/aromatic N) is 3. The Bertz CT molecular complexity index is 1460. The number of halogens is 1. The summed E-state index contributed by atoms with van der Waals surface area (Å²) in [5.41, 5.74) is 1.30. The van der Waals surface area contributed by atoms with Gasteiger partial charge in [0.2, 0.25) is 0 Å². The van der Waals surface area contributed by atoms with Crippen molar-refractivity contribution in [1.29, 1.82) is 0 Å². The summed E-state index contributed by atoms with van der Waals surface area (Å²) in [5.74, 6) is 1.38. The number of esters is 1. The SMILES string of the molecule is CCOC(=O)C1=C(C)N=c2s/c(=C/c3ccc(N(C)C)o3)c(=O)n2[C@H]1c1ccc(OC)c(Br)c1. The number of rotatable bonds is 6. The van der Waals surface area contributed by atoms with Gasteiger partial charge < -0.3 is 18.8 Å². The highest BCUT2D eigenvalue weighted by atomic mass is 79.9. The van der Waals surface area contributed by atoms with Crippen LogP contribution < -0.4 is 24.5 Å². The van der Waals surface area contributed by atoms with Crippen LogP contribution in [0, 0.1) is 0 Å². The summed E-state index contributed by atoms with van der Waals surface area (Å²) >= 11 is 4.76. The van der Waals surface area contributed by atoms with E-state index in [0.29, 0.717) is 42.5 Å². The molecule has 0 spiro atoms. The Balaban J connectivity index is 1.93. The van der Waals surface area contributed by atoms with E-state index in [4.69, 9.17) is 13.9 Å². The van der Waals surface area contributed by atoms with E-state index < -0.39 is 12.0 Å². The number of furan rings is 1. The van der Waals surface area contributed by atoms with Gasteiger partial charge in [0.1, 0.15) is 11.5 Å². The number of hydrogen-bond donors (Lipinski definition) is 0. The second kappa shape index (κ2) is 9.63. The van der Waals surface area contributed by atoms with Gasteiger partial charge in [-0.15, -0.1) is 0 Å². The minimum Gasteiger partial charge on any atom is -0.496 e. The number of carbonyl (C=O) groups is 1. The first kappa shape index (κ1) is 24.0. The number of anilines is 1. The van der Waals surface area contributed by atoms with Gasteiger partial charge in [-0.25, -0.2) is 9.79 Å². The number of allylic oxidation sites excluding steroid dienone is 1. The van der Waals surface area contributed by atoms with Crippen LogP contribution in [-0.2, 0) is 9.53 Å². The van der Waals surface area contributed by atoms with Crippen LogP contribution in [0.4, 0.5) is 5.88 Å². The number of benzene rings is 1. The minimum atomic E-state index is -0.700. The average molecular weight is 546 g/mol. The Kier molecular flexibility index (Phi) is 6.81. The number of fused-ring (bicyclic) bond motifs is 1. The molecule has 0 bridgehead atoms. The highest BCUT2D eigenvalue weighted by Crippen LogP contribution is 2.35. The van der Waals surface area contributed by atoms with Crippen molar-refractivity contribution in [1.82, 2.24) is 4.57 Å². The van der Waals surface area contributed by atoms with Crippen LogP contribution in [0.3, 0.4) is 0 Å². The summed E-state index contributed by atoms with van der Waals surface area (Å²) < 4.78 is 19.2. The van der Waals surface area contributed by atoms with Crippen LogP contribution in [0.25, 0.3) is 6.08 Å². The number of ether oxygens (including phenoxy) is 2. The van der Waals surface area contributed by atoms with E-state index in [2.05, 4.69) is 20.9 Å². The fourth-order valence-corrected chi connectivity index (χ4v) is 5.33. The van der Waals surface area contributed by atoms with Crippen LogP contribution in [0.2, 0.25) is 0 Å². The molecule has 1 atom stereocenters. The molecule has 0 fully saturated rings. The van der Waals surface area contributed by atoms with E-state index >= 15 is 0 Å². The Hall–Kier alpha value is -3.11. The molecule has 0 radical (unpaired) electrons. The smallest absolute Gasteiger partial charge is 0.338 e. The summed E-state index contributed by atoms with van der Waals surface area (Å²) in [6.07, 6.45) is 1.70. The second-order valence-corrected chi connectivity index (χ2v) is 9.63. The van der Waals surface area contributed by atoms with Gasteiger partial charge in [-0.3, -0.25) is 9.36 Å². The number of methoxy groups -OCH3 is 1. The molecule has 8 nitrogen and oxygen atoms in total. The van der Waals surface area contributed by atoms with Crippen LogP contribution in [0.15, 0.2) is 60.3 Å². The maximum Gasteiger partial charge on any atom is 0.338 e. The summed E-state index contributed by atoms with van der Waals surface area (Å²) in [5, 5.41) is 0. The zero-order valence-electron chi connectivity index (χ0n) is 19.4. The molecule has 34 heavy (non-hydrogen) atoms. The highest BCUT2D eigenvalue weighted by molar-refractivity contribution is 9.10. The molecule has 178 valence electrons. The van der Waals surface area contributed by atoms with Crippen molar-refractivity contribution in [3.05, 3.63) is 77.1 Å². The van der Waals surface area contributed by atoms with Crippen LogP contribution in [0.1, 0.15) is 31.2 Å². The first-order valence-corrected chi connectivity index (χ1v) is 12.2. The fraction of sp³-hybridized carbons (Fsp3) is 0.292. The van der Waals surface area contributed by atoms with E-state index in [1.54, 1.807) is 43.7 Å². The van der Waals surface area contributed by atoms with Gasteiger partial charge in [0.25, 0.3) is 5.56 Å². The second-order valence-electron chi connectivity index (χ2n) is 7.77. The molecule has 3 aromatic rings. The van der Waals surface area contributed by atoms with Gasteiger partial charge in [-0.2, -0.15) is 0 Å². The van der Waals surface area contributed by atoms with Crippen molar-refractivity contribution in [2.24, 2.45) is 4.99 Å². The standard InChI is InChI=1S/C24H24BrN3O5S/c1-6-32-23(30)20-13(2)26-24-28(21(20)14-7-9-17(31-5)16(25)11-14)22(29)18(34-24)12-15-8-10-19(33-15)27(3)4/h7-12,21H,6H2,1-5H3/b18-12+/t21-/m0/s1. The maximum absolute atomic E-state index is 13.6. The average Bonchev–Trinajstić information content (AvgIpc) is 3.38. The number of aromatic nitrogens is 1. The summed E-state index contributed by atoms with van der Waals surface area (Å²) in [7, 11) is 5.33. The van der Waals surface area contributed by atoms with Crippen molar-refractivity contribution in [3.8, 4) is 5.75 Å². The molecule has 2 aromatic heterocycles. The lowest BCUT2D eigenvalue weighted by Gasteiger charge is -2.25. The Labute approximate surface area is 208 Å². The summed E-state index contributed by atoms with van der Waals surface area (Å²) in [6.45, 7) is 3.71. The quantitative estimate of drug-likeness (QED) is 0.442. The van der Waals surface area contributed by atoms with Gasteiger partial charge in [-0.1, -0.05) is 17.4 Å². The van der Waals surface area contributed by atoms with E-state index in [1.165, 1.54) is 11.3 Å². The normalized spacial score (nSPS) is 15.7. The molecule has 1 aliphatic rings. The Morgan fingerprint density at radius 3 is 2.71 bits per heavy atom. The predicted octanol–water partition coefficient (Wildman–Crippen LogP) is 3.23. The third-order valence-corrected chi connectivity index (χ3v) is 6.94.